The Labute approximate surface area is 104 Å². The predicted octanol–water partition coefficient (Wildman–Crippen LogP) is 0.459. The lowest BCUT2D eigenvalue weighted by molar-refractivity contribution is -0.00538. The summed E-state index contributed by atoms with van der Waals surface area (Å²) in [7, 11) is 2.03. The Hall–Kier alpha value is -0.160. The van der Waals surface area contributed by atoms with E-state index in [0.717, 1.165) is 58.7 Å². The number of nitrogens with one attached hydrogen (secondary N) is 1. The molecule has 0 aliphatic carbocycles. The van der Waals surface area contributed by atoms with Crippen LogP contribution >= 0.6 is 0 Å². The number of aliphatic hydroxyl groups is 1. The van der Waals surface area contributed by atoms with Crippen molar-refractivity contribution in [2.75, 3.05) is 46.4 Å². The third-order valence-electron chi connectivity index (χ3n) is 4.20. The lowest BCUT2D eigenvalue weighted by Crippen LogP contribution is -2.47. The van der Waals surface area contributed by atoms with E-state index >= 15 is 0 Å². The van der Waals surface area contributed by atoms with Crippen molar-refractivity contribution in [3.8, 4) is 0 Å². The maximum Gasteiger partial charge on any atom is 0.0758 e. The molecule has 0 radical (unpaired) electrons. The van der Waals surface area contributed by atoms with Crippen LogP contribution in [-0.4, -0.2) is 62.0 Å². The van der Waals surface area contributed by atoms with Gasteiger partial charge in [-0.25, -0.2) is 0 Å². The van der Waals surface area contributed by atoms with Gasteiger partial charge in [-0.1, -0.05) is 0 Å². The highest BCUT2D eigenvalue weighted by Crippen LogP contribution is 2.33. The summed E-state index contributed by atoms with van der Waals surface area (Å²) in [6.07, 6.45) is 3.16. The van der Waals surface area contributed by atoms with Crippen molar-refractivity contribution >= 4 is 0 Å². The molecule has 0 spiro atoms. The zero-order valence-corrected chi connectivity index (χ0v) is 11.2. The first-order valence-corrected chi connectivity index (χ1v) is 6.72. The second-order valence-corrected chi connectivity index (χ2v) is 6.10. The standard InChI is InChI=1S/C13H26N2O2/c1-12(16)3-6-15(10-12)11-13(9-14-2)4-7-17-8-5-13/h14,16H,3-11H2,1-2H3. The number of ether oxygens (including phenoxy) is 1. The van der Waals surface area contributed by atoms with E-state index in [2.05, 4.69) is 10.2 Å². The number of hydrogen-bond donors (Lipinski definition) is 2. The average molecular weight is 242 g/mol. The van der Waals surface area contributed by atoms with Gasteiger partial charge in [0.2, 0.25) is 0 Å². The van der Waals surface area contributed by atoms with Gasteiger partial charge < -0.3 is 15.2 Å². The quantitative estimate of drug-likeness (QED) is 0.752. The van der Waals surface area contributed by atoms with E-state index in [1.54, 1.807) is 0 Å². The molecule has 2 saturated heterocycles. The topological polar surface area (TPSA) is 44.7 Å². The molecular formula is C13H26N2O2. The van der Waals surface area contributed by atoms with Crippen LogP contribution < -0.4 is 5.32 Å². The number of likely N-dealkylation sites (tertiary alicyclic amines) is 1. The molecule has 0 saturated carbocycles. The summed E-state index contributed by atoms with van der Waals surface area (Å²) in [6.45, 7) is 7.69. The molecule has 2 heterocycles. The van der Waals surface area contributed by atoms with Crippen molar-refractivity contribution in [2.45, 2.75) is 31.8 Å². The number of rotatable bonds is 4. The van der Waals surface area contributed by atoms with Gasteiger partial charge in [0.05, 0.1) is 5.60 Å². The van der Waals surface area contributed by atoms with Crippen LogP contribution in [0.15, 0.2) is 0 Å². The van der Waals surface area contributed by atoms with Crippen LogP contribution in [0.1, 0.15) is 26.2 Å². The summed E-state index contributed by atoms with van der Waals surface area (Å²) < 4.78 is 5.48. The second-order valence-electron chi connectivity index (χ2n) is 6.10. The van der Waals surface area contributed by atoms with Gasteiger partial charge in [-0.2, -0.15) is 0 Å². The minimum Gasteiger partial charge on any atom is -0.389 e. The van der Waals surface area contributed by atoms with Crippen LogP contribution in [0, 0.1) is 5.41 Å². The molecule has 17 heavy (non-hydrogen) atoms. The Balaban J connectivity index is 1.93. The van der Waals surface area contributed by atoms with Gasteiger partial charge in [-0.3, -0.25) is 4.90 Å². The Morgan fingerprint density at radius 1 is 1.29 bits per heavy atom. The molecule has 0 aromatic carbocycles. The van der Waals surface area contributed by atoms with Crippen molar-refractivity contribution in [3.05, 3.63) is 0 Å². The van der Waals surface area contributed by atoms with E-state index < -0.39 is 5.60 Å². The summed E-state index contributed by atoms with van der Waals surface area (Å²) in [5.41, 5.74) is -0.139. The van der Waals surface area contributed by atoms with Crippen molar-refractivity contribution < 1.29 is 9.84 Å². The van der Waals surface area contributed by atoms with E-state index in [1.807, 2.05) is 14.0 Å². The van der Waals surface area contributed by atoms with Crippen LogP contribution in [-0.2, 0) is 4.74 Å². The van der Waals surface area contributed by atoms with E-state index in [-0.39, 0.29) is 0 Å². The maximum absolute atomic E-state index is 10.0. The first-order valence-electron chi connectivity index (χ1n) is 6.72. The fourth-order valence-corrected chi connectivity index (χ4v) is 3.22. The van der Waals surface area contributed by atoms with E-state index in [0.29, 0.717) is 5.41 Å². The Morgan fingerprint density at radius 2 is 2.00 bits per heavy atom. The van der Waals surface area contributed by atoms with E-state index in [4.69, 9.17) is 4.74 Å². The lowest BCUT2D eigenvalue weighted by Gasteiger charge is -2.40. The van der Waals surface area contributed by atoms with Crippen LogP contribution in [0.3, 0.4) is 0 Å². The zero-order valence-electron chi connectivity index (χ0n) is 11.2. The largest absolute Gasteiger partial charge is 0.389 e. The minimum atomic E-state index is -0.480. The highest BCUT2D eigenvalue weighted by molar-refractivity contribution is 4.92. The molecular weight excluding hydrogens is 216 g/mol. The Morgan fingerprint density at radius 3 is 2.53 bits per heavy atom. The average Bonchev–Trinajstić information content (AvgIpc) is 2.59. The van der Waals surface area contributed by atoms with E-state index in [9.17, 15) is 5.11 Å². The van der Waals surface area contributed by atoms with Gasteiger partial charge in [0.25, 0.3) is 0 Å². The first kappa shape index (κ1) is 13.3. The van der Waals surface area contributed by atoms with Crippen molar-refractivity contribution in [1.82, 2.24) is 10.2 Å². The fourth-order valence-electron chi connectivity index (χ4n) is 3.22. The molecule has 100 valence electrons. The van der Waals surface area contributed by atoms with Gasteiger partial charge in [0.1, 0.15) is 0 Å². The molecule has 0 aromatic rings. The molecule has 4 nitrogen and oxygen atoms in total. The molecule has 2 fully saturated rings. The summed E-state index contributed by atoms with van der Waals surface area (Å²) in [6, 6.07) is 0. The number of nitrogens with zero attached hydrogens (tertiary/aromatic N) is 1. The zero-order chi connectivity index (χ0) is 12.4. The molecule has 1 unspecified atom stereocenters. The molecule has 0 aromatic heterocycles. The highest BCUT2D eigenvalue weighted by atomic mass is 16.5. The maximum atomic E-state index is 10.0. The molecule has 2 aliphatic heterocycles. The molecule has 1 atom stereocenters. The Bertz CT molecular complexity index is 244. The third kappa shape index (κ3) is 3.41. The van der Waals surface area contributed by atoms with Gasteiger partial charge in [0, 0.05) is 39.4 Å². The normalized spacial score (nSPS) is 34.1. The monoisotopic (exact) mass is 242 g/mol. The van der Waals surface area contributed by atoms with Crippen LogP contribution in [0.2, 0.25) is 0 Å². The van der Waals surface area contributed by atoms with Crippen LogP contribution in [0.5, 0.6) is 0 Å². The molecule has 2 aliphatic rings. The third-order valence-corrected chi connectivity index (χ3v) is 4.20. The first-order chi connectivity index (χ1) is 8.05. The summed E-state index contributed by atoms with van der Waals surface area (Å²) in [5, 5.41) is 13.4. The lowest BCUT2D eigenvalue weighted by atomic mass is 9.79. The smallest absolute Gasteiger partial charge is 0.0758 e. The molecule has 4 heteroatoms. The van der Waals surface area contributed by atoms with Crippen molar-refractivity contribution in [3.63, 3.8) is 0 Å². The van der Waals surface area contributed by atoms with E-state index in [1.165, 1.54) is 0 Å². The van der Waals surface area contributed by atoms with Crippen molar-refractivity contribution in [1.29, 1.82) is 0 Å². The highest BCUT2D eigenvalue weighted by Gasteiger charge is 2.38. The minimum absolute atomic E-state index is 0.341. The van der Waals surface area contributed by atoms with Gasteiger partial charge >= 0.3 is 0 Å². The summed E-state index contributed by atoms with van der Waals surface area (Å²) >= 11 is 0. The molecule has 0 amide bonds. The van der Waals surface area contributed by atoms with Crippen LogP contribution in [0.25, 0.3) is 0 Å². The number of β-amino-alcohol motifs (C(OH)–C–C–N with tert-alkyl or cyclic N) is 1. The summed E-state index contributed by atoms with van der Waals surface area (Å²) in [5.74, 6) is 0. The molecule has 0 bridgehead atoms. The van der Waals surface area contributed by atoms with Crippen molar-refractivity contribution in [2.24, 2.45) is 5.41 Å². The summed E-state index contributed by atoms with van der Waals surface area (Å²) in [4.78, 5) is 2.42. The molecule has 2 N–H and O–H groups in total. The Kier molecular flexibility index (Phi) is 4.08. The van der Waals surface area contributed by atoms with Gasteiger partial charge in [0.15, 0.2) is 0 Å². The van der Waals surface area contributed by atoms with Crippen LogP contribution in [0.4, 0.5) is 0 Å². The second kappa shape index (κ2) is 5.22. The predicted molar refractivity (Wildman–Crippen MR) is 68.1 cm³/mol. The fraction of sp³-hybridized carbons (Fsp3) is 1.00. The SMILES string of the molecule is CNCC1(CN2CCC(C)(O)C2)CCOCC1. The molecule has 2 rings (SSSR count). The number of hydrogen-bond acceptors (Lipinski definition) is 4. The van der Waals surface area contributed by atoms with Gasteiger partial charge in [-0.15, -0.1) is 0 Å². The van der Waals surface area contributed by atoms with Gasteiger partial charge in [-0.05, 0) is 38.6 Å².